The van der Waals surface area contributed by atoms with Gasteiger partial charge in [0.05, 0.1) is 0 Å². The van der Waals surface area contributed by atoms with Crippen LogP contribution in [-0.4, -0.2) is 18.6 Å². The van der Waals surface area contributed by atoms with Crippen LogP contribution in [0, 0.1) is 13.8 Å². The summed E-state index contributed by atoms with van der Waals surface area (Å²) in [5.74, 6) is 1.22. The third-order valence-electron chi connectivity index (χ3n) is 3.18. The Balaban J connectivity index is 2.75. The predicted octanol–water partition coefficient (Wildman–Crippen LogP) is 4.10. The highest BCUT2D eigenvalue weighted by atomic mass is 32.2. The van der Waals surface area contributed by atoms with Gasteiger partial charge in [0.15, 0.2) is 0 Å². The first kappa shape index (κ1) is 14.6. The molecule has 0 aromatic heterocycles. The molecule has 0 heterocycles. The standard InChI is InChI=1S/C15H25NS/c1-5-9-16-15(8-10-17-4)14-7-6-12(2)13(3)11-14/h6-7,11,15-16H,5,8-10H2,1-4H3. The molecule has 0 aliphatic carbocycles. The van der Waals surface area contributed by atoms with Gasteiger partial charge in [0.25, 0.3) is 0 Å². The second kappa shape index (κ2) is 7.78. The molecule has 1 N–H and O–H groups in total. The Kier molecular flexibility index (Phi) is 6.68. The van der Waals surface area contributed by atoms with E-state index >= 15 is 0 Å². The molecule has 1 rings (SSSR count). The SMILES string of the molecule is CCCNC(CCSC)c1ccc(C)c(C)c1. The van der Waals surface area contributed by atoms with E-state index in [1.54, 1.807) is 0 Å². The molecule has 0 radical (unpaired) electrons. The summed E-state index contributed by atoms with van der Waals surface area (Å²) < 4.78 is 0. The Morgan fingerprint density at radius 1 is 1.24 bits per heavy atom. The van der Waals surface area contributed by atoms with Gasteiger partial charge in [0.2, 0.25) is 0 Å². The maximum atomic E-state index is 3.65. The van der Waals surface area contributed by atoms with Gasteiger partial charge in [-0.05, 0) is 61.9 Å². The van der Waals surface area contributed by atoms with Gasteiger partial charge >= 0.3 is 0 Å². The molecule has 0 fully saturated rings. The maximum absolute atomic E-state index is 3.65. The second-order valence-corrected chi connectivity index (χ2v) is 5.62. The first-order chi connectivity index (χ1) is 8.19. The molecule has 0 bridgehead atoms. The van der Waals surface area contributed by atoms with E-state index in [0.29, 0.717) is 6.04 Å². The smallest absolute Gasteiger partial charge is 0.0328 e. The lowest BCUT2D eigenvalue weighted by atomic mass is 9.99. The molecule has 0 amide bonds. The number of thioether (sulfide) groups is 1. The van der Waals surface area contributed by atoms with Gasteiger partial charge in [-0.1, -0.05) is 25.1 Å². The molecule has 1 atom stereocenters. The van der Waals surface area contributed by atoms with Gasteiger partial charge in [-0.25, -0.2) is 0 Å². The van der Waals surface area contributed by atoms with Crippen LogP contribution in [0.1, 0.15) is 42.5 Å². The van der Waals surface area contributed by atoms with Crippen molar-refractivity contribution in [2.24, 2.45) is 0 Å². The predicted molar refractivity (Wildman–Crippen MR) is 79.9 cm³/mol. The van der Waals surface area contributed by atoms with Crippen LogP contribution in [-0.2, 0) is 0 Å². The quantitative estimate of drug-likeness (QED) is 0.783. The summed E-state index contributed by atoms with van der Waals surface area (Å²) in [5.41, 5.74) is 4.22. The van der Waals surface area contributed by atoms with E-state index in [1.807, 2.05) is 11.8 Å². The van der Waals surface area contributed by atoms with E-state index < -0.39 is 0 Å². The molecule has 96 valence electrons. The van der Waals surface area contributed by atoms with Crippen molar-refractivity contribution in [1.82, 2.24) is 5.32 Å². The average molecular weight is 251 g/mol. The van der Waals surface area contributed by atoms with Crippen LogP contribution in [0.5, 0.6) is 0 Å². The summed E-state index contributed by atoms with van der Waals surface area (Å²) >= 11 is 1.93. The summed E-state index contributed by atoms with van der Waals surface area (Å²) in [6.45, 7) is 7.70. The Hall–Kier alpha value is -0.470. The molecule has 2 heteroatoms. The van der Waals surface area contributed by atoms with Crippen molar-refractivity contribution in [3.63, 3.8) is 0 Å². The molecule has 1 aromatic carbocycles. The van der Waals surface area contributed by atoms with Crippen molar-refractivity contribution in [3.8, 4) is 0 Å². The van der Waals surface area contributed by atoms with Crippen LogP contribution in [0.3, 0.4) is 0 Å². The maximum Gasteiger partial charge on any atom is 0.0328 e. The van der Waals surface area contributed by atoms with Gasteiger partial charge in [-0.3, -0.25) is 0 Å². The lowest BCUT2D eigenvalue weighted by molar-refractivity contribution is 0.521. The molecule has 1 unspecified atom stereocenters. The monoisotopic (exact) mass is 251 g/mol. The lowest BCUT2D eigenvalue weighted by Crippen LogP contribution is -2.22. The van der Waals surface area contributed by atoms with Crippen molar-refractivity contribution in [2.45, 2.75) is 39.7 Å². The molecule has 0 spiro atoms. The lowest BCUT2D eigenvalue weighted by Gasteiger charge is -2.19. The third-order valence-corrected chi connectivity index (χ3v) is 3.83. The van der Waals surface area contributed by atoms with Crippen molar-refractivity contribution in [2.75, 3.05) is 18.6 Å². The first-order valence-corrected chi connectivity index (χ1v) is 7.88. The zero-order chi connectivity index (χ0) is 12.7. The fraction of sp³-hybridized carbons (Fsp3) is 0.600. The fourth-order valence-electron chi connectivity index (χ4n) is 1.92. The Morgan fingerprint density at radius 3 is 2.59 bits per heavy atom. The van der Waals surface area contributed by atoms with E-state index in [4.69, 9.17) is 0 Å². The summed E-state index contributed by atoms with van der Waals surface area (Å²) in [5, 5.41) is 3.65. The number of hydrogen-bond donors (Lipinski definition) is 1. The molecule has 0 aliphatic heterocycles. The van der Waals surface area contributed by atoms with Crippen LogP contribution in [0.4, 0.5) is 0 Å². The Morgan fingerprint density at radius 2 is 2.00 bits per heavy atom. The minimum Gasteiger partial charge on any atom is -0.310 e. The Bertz CT molecular complexity index is 328. The molecule has 0 saturated carbocycles. The number of benzene rings is 1. The van der Waals surface area contributed by atoms with Crippen LogP contribution >= 0.6 is 11.8 Å². The van der Waals surface area contributed by atoms with Crippen LogP contribution in [0.2, 0.25) is 0 Å². The molecule has 0 aliphatic rings. The van der Waals surface area contributed by atoms with Crippen LogP contribution in [0.25, 0.3) is 0 Å². The van der Waals surface area contributed by atoms with Gasteiger partial charge in [0, 0.05) is 6.04 Å². The van der Waals surface area contributed by atoms with Gasteiger partial charge in [0.1, 0.15) is 0 Å². The van der Waals surface area contributed by atoms with Crippen LogP contribution in [0.15, 0.2) is 18.2 Å². The van der Waals surface area contributed by atoms with Crippen molar-refractivity contribution in [3.05, 3.63) is 34.9 Å². The highest BCUT2D eigenvalue weighted by Gasteiger charge is 2.10. The van der Waals surface area contributed by atoms with E-state index in [-0.39, 0.29) is 0 Å². The molecule has 1 aromatic rings. The summed E-state index contributed by atoms with van der Waals surface area (Å²) in [6, 6.07) is 7.37. The van der Waals surface area contributed by atoms with E-state index in [0.717, 1.165) is 6.54 Å². The summed E-state index contributed by atoms with van der Waals surface area (Å²) in [4.78, 5) is 0. The highest BCUT2D eigenvalue weighted by Crippen LogP contribution is 2.21. The van der Waals surface area contributed by atoms with E-state index in [1.165, 1.54) is 35.3 Å². The minimum absolute atomic E-state index is 0.515. The summed E-state index contributed by atoms with van der Waals surface area (Å²) in [7, 11) is 0. The van der Waals surface area contributed by atoms with Crippen molar-refractivity contribution < 1.29 is 0 Å². The second-order valence-electron chi connectivity index (χ2n) is 4.63. The zero-order valence-electron chi connectivity index (χ0n) is 11.5. The number of hydrogen-bond acceptors (Lipinski definition) is 2. The van der Waals surface area contributed by atoms with Crippen molar-refractivity contribution >= 4 is 11.8 Å². The Labute approximate surface area is 110 Å². The largest absolute Gasteiger partial charge is 0.310 e. The summed E-state index contributed by atoms with van der Waals surface area (Å²) in [6.07, 6.45) is 4.58. The van der Waals surface area contributed by atoms with Gasteiger partial charge in [-0.2, -0.15) is 11.8 Å². The number of nitrogens with one attached hydrogen (secondary N) is 1. The molecule has 17 heavy (non-hydrogen) atoms. The average Bonchev–Trinajstić information content (AvgIpc) is 2.33. The first-order valence-electron chi connectivity index (χ1n) is 6.48. The minimum atomic E-state index is 0.515. The van der Waals surface area contributed by atoms with E-state index in [9.17, 15) is 0 Å². The topological polar surface area (TPSA) is 12.0 Å². The van der Waals surface area contributed by atoms with Gasteiger partial charge in [-0.15, -0.1) is 0 Å². The van der Waals surface area contributed by atoms with Crippen molar-refractivity contribution in [1.29, 1.82) is 0 Å². The molecular formula is C15H25NS. The molecule has 1 nitrogen and oxygen atoms in total. The molecular weight excluding hydrogens is 226 g/mol. The fourth-order valence-corrected chi connectivity index (χ4v) is 2.39. The number of rotatable bonds is 7. The highest BCUT2D eigenvalue weighted by molar-refractivity contribution is 7.98. The van der Waals surface area contributed by atoms with Crippen LogP contribution < -0.4 is 5.32 Å². The van der Waals surface area contributed by atoms with Gasteiger partial charge < -0.3 is 5.32 Å². The molecule has 0 saturated heterocycles. The zero-order valence-corrected chi connectivity index (χ0v) is 12.4. The van der Waals surface area contributed by atoms with E-state index in [2.05, 4.69) is 50.5 Å². The third kappa shape index (κ3) is 4.72. The number of aryl methyl sites for hydroxylation is 2. The normalized spacial score (nSPS) is 12.7.